The van der Waals surface area contributed by atoms with Crippen molar-refractivity contribution in [2.24, 2.45) is 0 Å². The second kappa shape index (κ2) is 9.24. The van der Waals surface area contributed by atoms with Gasteiger partial charge in [0.05, 0.1) is 36.6 Å². The number of hydrogen-bond acceptors (Lipinski definition) is 4. The SMILES string of the molecule is COc1cc(-n2cccc2)c(Cl)cc1C(=O)Nc1cccc(C(=O)N2CCOCC2)c1. The van der Waals surface area contributed by atoms with Gasteiger partial charge in [0.2, 0.25) is 0 Å². The normalized spacial score (nSPS) is 13.7. The molecule has 0 aliphatic carbocycles. The molecule has 0 unspecified atom stereocenters. The third-order valence-electron chi connectivity index (χ3n) is 5.06. The Labute approximate surface area is 185 Å². The van der Waals surface area contributed by atoms with Crippen LogP contribution in [0, 0.1) is 0 Å². The topological polar surface area (TPSA) is 72.8 Å². The summed E-state index contributed by atoms with van der Waals surface area (Å²) in [6.45, 7) is 2.17. The summed E-state index contributed by atoms with van der Waals surface area (Å²) in [6.07, 6.45) is 3.72. The fraction of sp³-hybridized carbons (Fsp3) is 0.217. The summed E-state index contributed by atoms with van der Waals surface area (Å²) in [5, 5.41) is 3.25. The highest BCUT2D eigenvalue weighted by atomic mass is 35.5. The number of halogens is 1. The zero-order valence-corrected chi connectivity index (χ0v) is 17.8. The first-order valence-corrected chi connectivity index (χ1v) is 10.2. The van der Waals surface area contributed by atoms with E-state index >= 15 is 0 Å². The lowest BCUT2D eigenvalue weighted by molar-refractivity contribution is 0.0303. The van der Waals surface area contributed by atoms with Crippen LogP contribution in [0.2, 0.25) is 5.02 Å². The molecule has 1 aliphatic heterocycles. The van der Waals surface area contributed by atoms with E-state index in [0.29, 0.717) is 59.6 Å². The summed E-state index contributed by atoms with van der Waals surface area (Å²) in [6, 6.07) is 13.9. The van der Waals surface area contributed by atoms with Crippen molar-refractivity contribution in [2.75, 3.05) is 38.7 Å². The first-order chi connectivity index (χ1) is 15.1. The van der Waals surface area contributed by atoms with Crippen molar-refractivity contribution in [1.82, 2.24) is 9.47 Å². The number of amides is 2. The van der Waals surface area contributed by atoms with Gasteiger partial charge in [-0.15, -0.1) is 0 Å². The molecule has 7 nitrogen and oxygen atoms in total. The monoisotopic (exact) mass is 439 g/mol. The van der Waals surface area contributed by atoms with Gasteiger partial charge in [-0.25, -0.2) is 0 Å². The van der Waals surface area contributed by atoms with E-state index in [0.717, 1.165) is 0 Å². The van der Waals surface area contributed by atoms with E-state index in [4.69, 9.17) is 21.1 Å². The van der Waals surface area contributed by atoms with Crippen molar-refractivity contribution in [3.05, 3.63) is 77.1 Å². The molecule has 8 heteroatoms. The smallest absolute Gasteiger partial charge is 0.259 e. The van der Waals surface area contributed by atoms with Gasteiger partial charge in [-0.3, -0.25) is 9.59 Å². The lowest BCUT2D eigenvalue weighted by Gasteiger charge is -2.27. The third-order valence-corrected chi connectivity index (χ3v) is 5.36. The molecule has 1 aliphatic rings. The number of hydrogen-bond donors (Lipinski definition) is 1. The van der Waals surface area contributed by atoms with Crippen LogP contribution in [0.5, 0.6) is 5.75 Å². The molecule has 3 aromatic rings. The highest BCUT2D eigenvalue weighted by Crippen LogP contribution is 2.30. The van der Waals surface area contributed by atoms with Crippen LogP contribution in [-0.2, 0) is 4.74 Å². The van der Waals surface area contributed by atoms with Crippen LogP contribution in [-0.4, -0.2) is 54.7 Å². The lowest BCUT2D eigenvalue weighted by atomic mass is 10.1. The summed E-state index contributed by atoms with van der Waals surface area (Å²) in [5.41, 5.74) is 2.02. The van der Waals surface area contributed by atoms with Crippen molar-refractivity contribution in [2.45, 2.75) is 0 Å². The Morgan fingerprint density at radius 3 is 2.52 bits per heavy atom. The molecule has 2 heterocycles. The van der Waals surface area contributed by atoms with Crippen LogP contribution < -0.4 is 10.1 Å². The number of anilines is 1. The van der Waals surface area contributed by atoms with E-state index in [1.807, 2.05) is 29.1 Å². The Kier molecular flexibility index (Phi) is 6.25. The first kappa shape index (κ1) is 21.0. The number of nitrogens with one attached hydrogen (secondary N) is 1. The van der Waals surface area contributed by atoms with Gasteiger partial charge >= 0.3 is 0 Å². The van der Waals surface area contributed by atoms with Crippen molar-refractivity contribution in [3.8, 4) is 11.4 Å². The van der Waals surface area contributed by atoms with E-state index in [1.165, 1.54) is 7.11 Å². The maximum absolute atomic E-state index is 13.0. The highest BCUT2D eigenvalue weighted by molar-refractivity contribution is 6.33. The van der Waals surface area contributed by atoms with Gasteiger partial charge in [0.15, 0.2) is 0 Å². The van der Waals surface area contributed by atoms with E-state index in [1.54, 1.807) is 41.3 Å². The molecule has 4 rings (SSSR count). The molecule has 1 N–H and O–H groups in total. The quantitative estimate of drug-likeness (QED) is 0.655. The molecule has 160 valence electrons. The van der Waals surface area contributed by atoms with Crippen molar-refractivity contribution in [3.63, 3.8) is 0 Å². The average molecular weight is 440 g/mol. The molecule has 0 spiro atoms. The number of morpholine rings is 1. The van der Waals surface area contributed by atoms with Crippen molar-refractivity contribution >= 4 is 29.1 Å². The van der Waals surface area contributed by atoms with Gasteiger partial charge in [0, 0.05) is 42.8 Å². The van der Waals surface area contributed by atoms with Gasteiger partial charge in [-0.2, -0.15) is 0 Å². The number of aromatic nitrogens is 1. The second-order valence-corrected chi connectivity index (χ2v) is 7.44. The predicted octanol–water partition coefficient (Wildman–Crippen LogP) is 3.86. The Morgan fingerprint density at radius 1 is 1.06 bits per heavy atom. The summed E-state index contributed by atoms with van der Waals surface area (Å²) >= 11 is 6.43. The number of carbonyl (C=O) groups is 2. The summed E-state index contributed by atoms with van der Waals surface area (Å²) < 4.78 is 12.6. The molecular weight excluding hydrogens is 418 g/mol. The number of benzene rings is 2. The highest BCUT2D eigenvalue weighted by Gasteiger charge is 2.20. The minimum absolute atomic E-state index is 0.0869. The van der Waals surface area contributed by atoms with Crippen molar-refractivity contribution < 1.29 is 19.1 Å². The van der Waals surface area contributed by atoms with Crippen LogP contribution >= 0.6 is 11.6 Å². The fourth-order valence-electron chi connectivity index (χ4n) is 3.46. The minimum atomic E-state index is -0.381. The molecule has 1 aromatic heterocycles. The van der Waals surface area contributed by atoms with Gasteiger partial charge in [-0.1, -0.05) is 17.7 Å². The molecule has 0 saturated carbocycles. The molecule has 31 heavy (non-hydrogen) atoms. The summed E-state index contributed by atoms with van der Waals surface area (Å²) in [4.78, 5) is 27.4. The molecule has 2 aromatic carbocycles. The van der Waals surface area contributed by atoms with Crippen LogP contribution in [0.25, 0.3) is 5.69 Å². The molecule has 0 radical (unpaired) electrons. The van der Waals surface area contributed by atoms with Gasteiger partial charge < -0.3 is 24.3 Å². The zero-order valence-electron chi connectivity index (χ0n) is 17.0. The fourth-order valence-corrected chi connectivity index (χ4v) is 3.72. The molecule has 1 fully saturated rings. The molecular formula is C23H22ClN3O4. The summed E-state index contributed by atoms with van der Waals surface area (Å²) in [7, 11) is 1.50. The largest absolute Gasteiger partial charge is 0.496 e. The minimum Gasteiger partial charge on any atom is -0.496 e. The second-order valence-electron chi connectivity index (χ2n) is 7.03. The molecule has 0 atom stereocenters. The van der Waals surface area contributed by atoms with Crippen molar-refractivity contribution in [1.29, 1.82) is 0 Å². The first-order valence-electron chi connectivity index (χ1n) is 9.86. The number of nitrogens with zero attached hydrogens (tertiary/aromatic N) is 2. The van der Waals surface area contributed by atoms with Crippen LogP contribution in [0.15, 0.2) is 60.9 Å². The maximum Gasteiger partial charge on any atom is 0.259 e. The number of ether oxygens (including phenoxy) is 2. The number of rotatable bonds is 5. The molecule has 0 bridgehead atoms. The molecule has 2 amide bonds. The van der Waals surface area contributed by atoms with E-state index in [2.05, 4.69) is 5.32 Å². The van der Waals surface area contributed by atoms with Crippen LogP contribution in [0.4, 0.5) is 5.69 Å². The Hall–Kier alpha value is -3.29. The number of carbonyl (C=O) groups excluding carboxylic acids is 2. The third kappa shape index (κ3) is 4.57. The van der Waals surface area contributed by atoms with E-state index in [9.17, 15) is 9.59 Å². The van der Waals surface area contributed by atoms with Crippen LogP contribution in [0.3, 0.4) is 0 Å². The Bertz CT molecular complexity index is 1090. The van der Waals surface area contributed by atoms with Gasteiger partial charge in [0.1, 0.15) is 5.75 Å². The van der Waals surface area contributed by atoms with Crippen LogP contribution in [0.1, 0.15) is 20.7 Å². The van der Waals surface area contributed by atoms with Gasteiger partial charge in [-0.05, 0) is 36.4 Å². The maximum atomic E-state index is 13.0. The van der Waals surface area contributed by atoms with E-state index < -0.39 is 0 Å². The van der Waals surface area contributed by atoms with Gasteiger partial charge in [0.25, 0.3) is 11.8 Å². The average Bonchev–Trinajstić information content (AvgIpc) is 3.34. The van der Waals surface area contributed by atoms with E-state index in [-0.39, 0.29) is 11.8 Å². The zero-order chi connectivity index (χ0) is 21.8. The lowest BCUT2D eigenvalue weighted by Crippen LogP contribution is -2.40. The summed E-state index contributed by atoms with van der Waals surface area (Å²) in [5.74, 6) is -0.0731. The Morgan fingerprint density at radius 2 is 1.81 bits per heavy atom. The standard InChI is InChI=1S/C23H22ClN3O4/c1-30-21-15-20(26-7-2-3-8-26)19(24)14-18(21)22(28)25-17-6-4-5-16(13-17)23(29)27-9-11-31-12-10-27/h2-8,13-15H,9-12H2,1H3,(H,25,28). The molecule has 1 saturated heterocycles. The number of methoxy groups -OCH3 is 1. The predicted molar refractivity (Wildman–Crippen MR) is 118 cm³/mol. The Balaban J connectivity index is 1.56.